The minimum atomic E-state index is -3.42. The lowest BCUT2D eigenvalue weighted by Gasteiger charge is -2.21. The standard InChI is InChI=1S/C17H27FN2O3S/c1-4-14(5-2)17(21)19-11-13-20(24(3,22)23)12-10-15-8-6-7-9-16(15)18/h6-9,14H,4-5,10-13H2,1-3H3,(H,19,21). The summed E-state index contributed by atoms with van der Waals surface area (Å²) in [6.45, 7) is 4.51. The topological polar surface area (TPSA) is 66.5 Å². The number of nitrogens with one attached hydrogen (secondary N) is 1. The molecule has 0 bridgehead atoms. The van der Waals surface area contributed by atoms with Crippen molar-refractivity contribution < 1.29 is 17.6 Å². The van der Waals surface area contributed by atoms with Crippen LogP contribution >= 0.6 is 0 Å². The van der Waals surface area contributed by atoms with E-state index >= 15 is 0 Å². The molecular formula is C17H27FN2O3S. The van der Waals surface area contributed by atoms with Gasteiger partial charge < -0.3 is 5.32 Å². The largest absolute Gasteiger partial charge is 0.355 e. The maximum Gasteiger partial charge on any atom is 0.223 e. The summed E-state index contributed by atoms with van der Waals surface area (Å²) < 4.78 is 38.7. The van der Waals surface area contributed by atoms with Crippen LogP contribution in [0.25, 0.3) is 0 Å². The van der Waals surface area contributed by atoms with Gasteiger partial charge in [0, 0.05) is 25.6 Å². The third kappa shape index (κ3) is 6.57. The summed E-state index contributed by atoms with van der Waals surface area (Å²) >= 11 is 0. The molecule has 0 saturated carbocycles. The van der Waals surface area contributed by atoms with Crippen molar-refractivity contribution in [3.05, 3.63) is 35.6 Å². The first-order valence-electron chi connectivity index (χ1n) is 8.25. The van der Waals surface area contributed by atoms with Gasteiger partial charge >= 0.3 is 0 Å². The first-order valence-corrected chi connectivity index (χ1v) is 10.1. The number of carbonyl (C=O) groups excluding carboxylic acids is 1. The molecule has 0 aromatic heterocycles. The monoisotopic (exact) mass is 358 g/mol. The van der Waals surface area contributed by atoms with Crippen LogP contribution in [-0.2, 0) is 21.2 Å². The van der Waals surface area contributed by atoms with Crippen LogP contribution in [0.5, 0.6) is 0 Å². The molecular weight excluding hydrogens is 331 g/mol. The zero-order valence-corrected chi connectivity index (χ0v) is 15.4. The third-order valence-corrected chi connectivity index (χ3v) is 5.38. The Morgan fingerprint density at radius 3 is 2.38 bits per heavy atom. The van der Waals surface area contributed by atoms with E-state index < -0.39 is 10.0 Å². The number of nitrogens with zero attached hydrogens (tertiary/aromatic N) is 1. The Morgan fingerprint density at radius 2 is 1.83 bits per heavy atom. The summed E-state index contributed by atoms with van der Waals surface area (Å²) in [4.78, 5) is 11.9. The SMILES string of the molecule is CCC(CC)C(=O)NCCN(CCc1ccccc1F)S(C)(=O)=O. The van der Waals surface area contributed by atoms with Gasteiger partial charge in [0.2, 0.25) is 15.9 Å². The minimum absolute atomic E-state index is 0.0462. The van der Waals surface area contributed by atoms with Gasteiger partial charge in [-0.25, -0.2) is 17.1 Å². The molecule has 1 aromatic rings. The van der Waals surface area contributed by atoms with Gasteiger partial charge in [-0.2, -0.15) is 0 Å². The van der Waals surface area contributed by atoms with Gasteiger partial charge in [0.25, 0.3) is 0 Å². The van der Waals surface area contributed by atoms with Crippen molar-refractivity contribution in [2.24, 2.45) is 5.92 Å². The number of sulfonamides is 1. The summed E-state index contributed by atoms with van der Waals surface area (Å²) in [5.74, 6) is -0.439. The average molecular weight is 358 g/mol. The molecule has 5 nitrogen and oxygen atoms in total. The third-order valence-electron chi connectivity index (χ3n) is 4.07. The molecule has 0 radical (unpaired) electrons. The highest BCUT2D eigenvalue weighted by atomic mass is 32.2. The van der Waals surface area contributed by atoms with E-state index in [1.165, 1.54) is 10.4 Å². The smallest absolute Gasteiger partial charge is 0.223 e. The molecule has 1 N–H and O–H groups in total. The zero-order valence-electron chi connectivity index (χ0n) is 14.6. The van der Waals surface area contributed by atoms with Gasteiger partial charge in [0.05, 0.1) is 6.26 Å². The van der Waals surface area contributed by atoms with Gasteiger partial charge in [-0.1, -0.05) is 32.0 Å². The average Bonchev–Trinajstić information content (AvgIpc) is 2.52. The molecule has 136 valence electrons. The second-order valence-corrected chi connectivity index (χ2v) is 7.79. The highest BCUT2D eigenvalue weighted by molar-refractivity contribution is 7.88. The highest BCUT2D eigenvalue weighted by Crippen LogP contribution is 2.10. The van der Waals surface area contributed by atoms with E-state index in [9.17, 15) is 17.6 Å². The summed E-state index contributed by atoms with van der Waals surface area (Å²) in [6.07, 6.45) is 2.92. The lowest BCUT2D eigenvalue weighted by molar-refractivity contribution is -0.125. The molecule has 24 heavy (non-hydrogen) atoms. The van der Waals surface area contributed by atoms with Gasteiger partial charge in [-0.05, 0) is 30.9 Å². The molecule has 0 aliphatic heterocycles. The summed E-state index contributed by atoms with van der Waals surface area (Å²) in [6, 6.07) is 6.32. The van der Waals surface area contributed by atoms with E-state index in [1.54, 1.807) is 18.2 Å². The predicted molar refractivity (Wildman–Crippen MR) is 93.6 cm³/mol. The van der Waals surface area contributed by atoms with Gasteiger partial charge in [0.15, 0.2) is 0 Å². The van der Waals surface area contributed by atoms with Crippen LogP contribution in [0.2, 0.25) is 0 Å². The number of amides is 1. The van der Waals surface area contributed by atoms with E-state index in [-0.39, 0.29) is 37.3 Å². The van der Waals surface area contributed by atoms with Crippen LogP contribution in [-0.4, -0.2) is 44.5 Å². The fourth-order valence-corrected chi connectivity index (χ4v) is 3.34. The van der Waals surface area contributed by atoms with Crippen LogP contribution in [0.4, 0.5) is 4.39 Å². The fraction of sp³-hybridized carbons (Fsp3) is 0.588. The summed E-state index contributed by atoms with van der Waals surface area (Å²) in [7, 11) is -3.42. The zero-order chi connectivity index (χ0) is 18.2. The highest BCUT2D eigenvalue weighted by Gasteiger charge is 2.18. The van der Waals surface area contributed by atoms with Gasteiger partial charge in [-0.15, -0.1) is 0 Å². The Hall–Kier alpha value is -1.47. The molecule has 0 unspecified atom stereocenters. The van der Waals surface area contributed by atoms with Crippen molar-refractivity contribution >= 4 is 15.9 Å². The number of carbonyl (C=O) groups is 1. The molecule has 0 heterocycles. The maximum atomic E-state index is 13.6. The van der Waals surface area contributed by atoms with Crippen LogP contribution in [0, 0.1) is 11.7 Å². The van der Waals surface area contributed by atoms with Crippen molar-refractivity contribution in [2.75, 3.05) is 25.9 Å². The first-order chi connectivity index (χ1) is 11.3. The molecule has 7 heteroatoms. The molecule has 0 atom stereocenters. The molecule has 1 rings (SSSR count). The Kier molecular flexibility index (Phi) is 8.35. The molecule has 0 fully saturated rings. The van der Waals surface area contributed by atoms with Crippen LogP contribution < -0.4 is 5.32 Å². The lowest BCUT2D eigenvalue weighted by Crippen LogP contribution is -2.40. The van der Waals surface area contributed by atoms with Crippen LogP contribution in [0.15, 0.2) is 24.3 Å². The Labute approximate surface area is 144 Å². The molecule has 1 aromatic carbocycles. The quantitative estimate of drug-likeness (QED) is 0.697. The first kappa shape index (κ1) is 20.6. The van der Waals surface area contributed by atoms with Crippen LogP contribution in [0.1, 0.15) is 32.3 Å². The normalized spacial score (nSPS) is 11.9. The van der Waals surface area contributed by atoms with Gasteiger partial charge in [0.1, 0.15) is 5.82 Å². The lowest BCUT2D eigenvalue weighted by atomic mass is 10.0. The number of halogens is 1. The van der Waals surface area contributed by atoms with Crippen molar-refractivity contribution in [1.82, 2.24) is 9.62 Å². The summed E-state index contributed by atoms with van der Waals surface area (Å²) in [5.41, 5.74) is 0.479. The predicted octanol–water partition coefficient (Wildman–Crippen LogP) is 2.18. The number of benzene rings is 1. The van der Waals surface area contributed by atoms with Crippen molar-refractivity contribution in [2.45, 2.75) is 33.1 Å². The molecule has 0 saturated heterocycles. The van der Waals surface area contributed by atoms with Crippen molar-refractivity contribution in [3.8, 4) is 0 Å². The molecule has 0 aliphatic rings. The second-order valence-electron chi connectivity index (χ2n) is 5.81. The Balaban J connectivity index is 2.58. The maximum absolute atomic E-state index is 13.6. The van der Waals surface area contributed by atoms with Crippen molar-refractivity contribution in [3.63, 3.8) is 0 Å². The molecule has 1 amide bonds. The minimum Gasteiger partial charge on any atom is -0.355 e. The van der Waals surface area contributed by atoms with Crippen molar-refractivity contribution in [1.29, 1.82) is 0 Å². The van der Waals surface area contributed by atoms with E-state index in [0.717, 1.165) is 19.1 Å². The Bertz CT molecular complexity index is 630. The van der Waals surface area contributed by atoms with E-state index in [0.29, 0.717) is 12.0 Å². The Morgan fingerprint density at radius 1 is 1.21 bits per heavy atom. The second kappa shape index (κ2) is 9.74. The molecule has 0 spiro atoms. The fourth-order valence-electron chi connectivity index (χ4n) is 2.50. The molecule has 0 aliphatic carbocycles. The van der Waals surface area contributed by atoms with E-state index in [4.69, 9.17) is 0 Å². The van der Waals surface area contributed by atoms with E-state index in [1.807, 2.05) is 13.8 Å². The number of rotatable bonds is 10. The van der Waals surface area contributed by atoms with Gasteiger partial charge in [-0.3, -0.25) is 4.79 Å². The number of hydrogen-bond acceptors (Lipinski definition) is 3. The van der Waals surface area contributed by atoms with E-state index in [2.05, 4.69) is 5.32 Å². The number of hydrogen-bond donors (Lipinski definition) is 1. The summed E-state index contributed by atoms with van der Waals surface area (Å²) in [5, 5.41) is 2.78. The van der Waals surface area contributed by atoms with Crippen LogP contribution in [0.3, 0.4) is 0 Å².